The topological polar surface area (TPSA) is 17.8 Å². The average Bonchev–Trinajstić information content (AvgIpc) is 3.97. The van der Waals surface area contributed by atoms with Crippen LogP contribution in [0.4, 0.5) is 0 Å². The van der Waals surface area contributed by atoms with Gasteiger partial charge in [0.2, 0.25) is 0 Å². The number of nitrogens with zero attached hydrogens (tertiary/aromatic N) is 2. The molecule has 14 rings (SSSR count). The first-order valence-electron chi connectivity index (χ1n) is 22.2. The van der Waals surface area contributed by atoms with Crippen LogP contribution in [0, 0.1) is 0 Å². The molecule has 0 saturated heterocycles. The van der Waals surface area contributed by atoms with Crippen molar-refractivity contribution in [1.29, 1.82) is 0 Å². The monoisotopic (exact) mass is 810 g/mol. The Hall–Kier alpha value is -8.33. The molecular weight excluding hydrogens is 773 g/mol. The van der Waals surface area contributed by atoms with Crippen molar-refractivity contribution < 1.29 is 0 Å². The summed E-state index contributed by atoms with van der Waals surface area (Å²) in [4.78, 5) is 5.57. The number of fused-ring (bicyclic) bond motifs is 15. The molecule has 0 N–H and O–H groups in total. The van der Waals surface area contributed by atoms with E-state index in [4.69, 9.17) is 4.98 Å². The molecule has 0 radical (unpaired) electrons. The molecule has 2 aliphatic carbocycles. The van der Waals surface area contributed by atoms with Gasteiger partial charge in [-0.3, -0.25) is 0 Å². The molecular formula is C62H38N2. The number of benzene rings is 10. The maximum absolute atomic E-state index is 5.57. The van der Waals surface area contributed by atoms with Gasteiger partial charge in [-0.25, -0.2) is 4.98 Å². The van der Waals surface area contributed by atoms with Gasteiger partial charge in [-0.1, -0.05) is 170 Å². The summed E-state index contributed by atoms with van der Waals surface area (Å²) < 4.78 is 2.40. The summed E-state index contributed by atoms with van der Waals surface area (Å²) in [5.74, 6) is 0. The molecule has 1 unspecified atom stereocenters. The van der Waals surface area contributed by atoms with Gasteiger partial charge < -0.3 is 4.57 Å². The van der Waals surface area contributed by atoms with Crippen molar-refractivity contribution >= 4 is 43.4 Å². The van der Waals surface area contributed by atoms with E-state index < -0.39 is 5.41 Å². The lowest BCUT2D eigenvalue weighted by Gasteiger charge is -2.31. The number of hydrogen-bond acceptors (Lipinski definition) is 1. The quantitative estimate of drug-likeness (QED) is 0.173. The van der Waals surface area contributed by atoms with E-state index in [0.29, 0.717) is 0 Å². The van der Waals surface area contributed by atoms with Crippen molar-refractivity contribution in [2.75, 3.05) is 0 Å². The zero-order chi connectivity index (χ0) is 41.9. The number of rotatable bonds is 4. The third-order valence-corrected chi connectivity index (χ3v) is 14.1. The smallest absolute Gasteiger partial charge is 0.0725 e. The minimum absolute atomic E-state index is 0.479. The van der Waals surface area contributed by atoms with E-state index >= 15 is 0 Å². The van der Waals surface area contributed by atoms with Gasteiger partial charge in [-0.15, -0.1) is 0 Å². The Labute approximate surface area is 371 Å². The van der Waals surface area contributed by atoms with Gasteiger partial charge in [0.1, 0.15) is 0 Å². The van der Waals surface area contributed by atoms with E-state index in [0.717, 1.165) is 39.3 Å². The van der Waals surface area contributed by atoms with Crippen LogP contribution >= 0.6 is 0 Å². The van der Waals surface area contributed by atoms with Gasteiger partial charge in [0.05, 0.1) is 27.8 Å². The zero-order valence-corrected chi connectivity index (χ0v) is 34.8. The van der Waals surface area contributed by atoms with Crippen LogP contribution in [-0.2, 0) is 5.41 Å². The number of pyridine rings is 1. The van der Waals surface area contributed by atoms with Crippen LogP contribution in [0.2, 0.25) is 0 Å². The van der Waals surface area contributed by atoms with Crippen molar-refractivity contribution in [3.8, 4) is 61.6 Å². The van der Waals surface area contributed by atoms with Gasteiger partial charge in [-0.2, -0.15) is 0 Å². The minimum Gasteiger partial charge on any atom is -0.309 e. The molecule has 0 saturated carbocycles. The van der Waals surface area contributed by atoms with Crippen molar-refractivity contribution in [2.24, 2.45) is 0 Å². The first kappa shape index (κ1) is 35.3. The number of para-hydroxylation sites is 2. The van der Waals surface area contributed by atoms with Crippen LogP contribution in [0.15, 0.2) is 231 Å². The molecule has 2 heteroatoms. The van der Waals surface area contributed by atoms with E-state index in [1.54, 1.807) is 0 Å². The molecule has 0 bridgehead atoms. The molecule has 10 aromatic carbocycles. The molecule has 2 heterocycles. The summed E-state index contributed by atoms with van der Waals surface area (Å²) in [5, 5.41) is 7.45. The third kappa shape index (κ3) is 4.94. The lowest BCUT2D eigenvalue weighted by Crippen LogP contribution is -2.25. The van der Waals surface area contributed by atoms with E-state index in [1.165, 1.54) is 87.9 Å². The molecule has 0 aliphatic heterocycles. The maximum atomic E-state index is 5.57. The van der Waals surface area contributed by atoms with Crippen LogP contribution in [-0.4, -0.2) is 9.55 Å². The zero-order valence-electron chi connectivity index (χ0n) is 34.8. The predicted molar refractivity (Wildman–Crippen MR) is 266 cm³/mol. The van der Waals surface area contributed by atoms with Crippen molar-refractivity contribution in [1.82, 2.24) is 9.55 Å². The van der Waals surface area contributed by atoms with Gasteiger partial charge in [0.25, 0.3) is 0 Å². The summed E-state index contributed by atoms with van der Waals surface area (Å²) >= 11 is 0. The Kier molecular flexibility index (Phi) is 7.35. The number of aromatic nitrogens is 2. The second-order valence-corrected chi connectivity index (χ2v) is 17.5. The number of hydrogen-bond donors (Lipinski definition) is 0. The first-order valence-corrected chi connectivity index (χ1v) is 22.2. The highest BCUT2D eigenvalue weighted by Crippen LogP contribution is 2.63. The highest BCUT2D eigenvalue weighted by atomic mass is 15.0. The highest BCUT2D eigenvalue weighted by Gasteiger charge is 2.51. The summed E-state index contributed by atoms with van der Waals surface area (Å²) in [6.07, 6.45) is 0. The van der Waals surface area contributed by atoms with Gasteiger partial charge in [0.15, 0.2) is 0 Å². The van der Waals surface area contributed by atoms with Crippen molar-refractivity contribution in [2.45, 2.75) is 5.41 Å². The lowest BCUT2D eigenvalue weighted by atomic mass is 9.70. The maximum Gasteiger partial charge on any atom is 0.0725 e. The van der Waals surface area contributed by atoms with E-state index in [9.17, 15) is 0 Å². The molecule has 64 heavy (non-hydrogen) atoms. The Morgan fingerprint density at radius 1 is 0.297 bits per heavy atom. The minimum atomic E-state index is -0.479. The van der Waals surface area contributed by atoms with Gasteiger partial charge in [-0.05, 0) is 138 Å². The van der Waals surface area contributed by atoms with Crippen LogP contribution in [0.25, 0.3) is 105 Å². The molecule has 2 nitrogen and oxygen atoms in total. The lowest BCUT2D eigenvalue weighted by molar-refractivity contribution is 0.795. The van der Waals surface area contributed by atoms with Crippen molar-refractivity contribution in [3.63, 3.8) is 0 Å². The molecule has 296 valence electrons. The molecule has 12 aromatic rings. The Morgan fingerprint density at radius 2 is 0.828 bits per heavy atom. The average molecular weight is 811 g/mol. The Balaban J connectivity index is 1.00. The fourth-order valence-electron chi connectivity index (χ4n) is 11.3. The second-order valence-electron chi connectivity index (χ2n) is 17.5. The molecule has 0 amide bonds. The first-order chi connectivity index (χ1) is 31.7. The van der Waals surface area contributed by atoms with Crippen LogP contribution in [0.5, 0.6) is 0 Å². The van der Waals surface area contributed by atoms with Crippen LogP contribution in [0.1, 0.15) is 22.3 Å². The largest absolute Gasteiger partial charge is 0.309 e. The summed E-state index contributed by atoms with van der Waals surface area (Å²) in [6.45, 7) is 0. The molecule has 2 aromatic heterocycles. The van der Waals surface area contributed by atoms with E-state index in [2.05, 4.69) is 235 Å². The fraction of sp³-hybridized carbons (Fsp3) is 0.0161. The molecule has 0 fully saturated rings. The standard InChI is InChI=1S/C62H38N2/c1-2-15-40-32-44(29-28-39(40)14-1)58-37-46(41-18-13-19-47(33-41)64-60-26-11-7-22-51(60)52-23-8-12-27-61(52)64)38-59(63-58)45-30-31-50-48-20-5-9-24-54(48)62(56(50)36-45)55-25-10-6-21-49(55)53-34-42-16-3-4-17-43(42)35-57(53)62/h1-38H. The summed E-state index contributed by atoms with van der Waals surface area (Å²) in [6, 6.07) is 85.3. The van der Waals surface area contributed by atoms with Crippen molar-refractivity contribution in [3.05, 3.63) is 253 Å². The SMILES string of the molecule is c1cc(-c2cc(-c3ccc4c(c3)C3(c5ccccc5-4)c4ccccc4-c4cc5ccccc5cc43)nc(-c3ccc4ccccc4c3)c2)cc(-n2c3ccccc3c3ccccc32)c1. The van der Waals surface area contributed by atoms with E-state index in [-0.39, 0.29) is 0 Å². The third-order valence-electron chi connectivity index (χ3n) is 14.1. The molecule has 1 atom stereocenters. The molecule has 2 aliphatic rings. The van der Waals surface area contributed by atoms with Gasteiger partial charge >= 0.3 is 0 Å². The highest BCUT2D eigenvalue weighted by molar-refractivity contribution is 6.09. The Bertz CT molecular complexity index is 3870. The second kappa shape index (κ2) is 13.3. The fourth-order valence-corrected chi connectivity index (χ4v) is 11.3. The predicted octanol–water partition coefficient (Wildman–Crippen LogP) is 15.8. The summed E-state index contributed by atoms with van der Waals surface area (Å²) in [5.41, 5.74) is 19.9. The molecule has 1 spiro atoms. The van der Waals surface area contributed by atoms with Crippen LogP contribution < -0.4 is 0 Å². The van der Waals surface area contributed by atoms with Crippen LogP contribution in [0.3, 0.4) is 0 Å². The summed E-state index contributed by atoms with van der Waals surface area (Å²) in [7, 11) is 0. The van der Waals surface area contributed by atoms with Gasteiger partial charge in [0, 0.05) is 27.6 Å². The normalized spacial score (nSPS) is 14.6. The van der Waals surface area contributed by atoms with E-state index in [1.807, 2.05) is 0 Å². The Morgan fingerprint density at radius 3 is 1.55 bits per heavy atom.